The van der Waals surface area contributed by atoms with Gasteiger partial charge in [-0.3, -0.25) is 4.79 Å². The molecule has 0 aliphatic carbocycles. The minimum absolute atomic E-state index is 0.193. The molecule has 0 spiro atoms. The lowest BCUT2D eigenvalue weighted by Gasteiger charge is -2.17. The van der Waals surface area contributed by atoms with E-state index < -0.39 is 10.0 Å². The minimum Gasteiger partial charge on any atom is -0.355 e. The average molecular weight is 403 g/mol. The van der Waals surface area contributed by atoms with E-state index in [1.54, 1.807) is 24.3 Å². The zero-order chi connectivity index (χ0) is 20.7. The van der Waals surface area contributed by atoms with Crippen molar-refractivity contribution >= 4 is 15.9 Å². The normalized spacial score (nSPS) is 11.8. The molecule has 0 aromatic heterocycles. The molecule has 2 aromatic carbocycles. The smallest absolute Gasteiger partial charge is 0.243 e. The maximum atomic E-state index is 12.5. The lowest BCUT2D eigenvalue weighted by Crippen LogP contribution is -2.38. The molecular formula is C22H30N2O3S. The van der Waals surface area contributed by atoms with Crippen LogP contribution in [0.5, 0.6) is 0 Å². The van der Waals surface area contributed by atoms with Crippen molar-refractivity contribution in [3.63, 3.8) is 0 Å². The van der Waals surface area contributed by atoms with Gasteiger partial charge in [0.05, 0.1) is 11.4 Å². The Balaban J connectivity index is 1.77. The van der Waals surface area contributed by atoms with Crippen LogP contribution in [0.1, 0.15) is 42.9 Å². The fourth-order valence-electron chi connectivity index (χ4n) is 2.82. The van der Waals surface area contributed by atoms with Gasteiger partial charge in [-0.15, -0.1) is 0 Å². The summed E-state index contributed by atoms with van der Waals surface area (Å²) in [6.07, 6.45) is 1.68. The summed E-state index contributed by atoms with van der Waals surface area (Å²) in [6, 6.07) is 15.1. The zero-order valence-corrected chi connectivity index (χ0v) is 17.9. The Labute approximate surface area is 168 Å². The van der Waals surface area contributed by atoms with Crippen molar-refractivity contribution < 1.29 is 13.2 Å². The highest BCUT2D eigenvalue weighted by Crippen LogP contribution is 2.16. The van der Waals surface area contributed by atoms with E-state index in [1.807, 2.05) is 6.92 Å². The van der Waals surface area contributed by atoms with E-state index in [2.05, 4.69) is 43.4 Å². The molecule has 0 unspecified atom stereocenters. The Morgan fingerprint density at radius 3 is 2.21 bits per heavy atom. The molecule has 2 rings (SSSR count). The van der Waals surface area contributed by atoms with Crippen molar-refractivity contribution in [3.8, 4) is 0 Å². The average Bonchev–Trinajstić information content (AvgIpc) is 2.66. The molecule has 0 atom stereocenters. The van der Waals surface area contributed by atoms with Crippen LogP contribution in [0.2, 0.25) is 0 Å². The second kappa shape index (κ2) is 9.85. The number of carbonyl (C=O) groups is 1. The number of hydrogen-bond donors (Lipinski definition) is 1. The Morgan fingerprint density at radius 1 is 1.04 bits per heavy atom. The van der Waals surface area contributed by atoms with Crippen molar-refractivity contribution in [3.05, 3.63) is 65.2 Å². The van der Waals surface area contributed by atoms with Gasteiger partial charge >= 0.3 is 0 Å². The summed E-state index contributed by atoms with van der Waals surface area (Å²) in [5, 5.41) is 2.80. The van der Waals surface area contributed by atoms with Gasteiger partial charge in [-0.25, -0.2) is 8.42 Å². The van der Waals surface area contributed by atoms with E-state index in [0.717, 1.165) is 22.7 Å². The number of likely N-dealkylation sites (N-methyl/N-ethyl adjacent to an activating group) is 1. The molecule has 28 heavy (non-hydrogen) atoms. The highest BCUT2D eigenvalue weighted by atomic mass is 32.2. The Morgan fingerprint density at radius 2 is 1.64 bits per heavy atom. The van der Waals surface area contributed by atoms with Crippen molar-refractivity contribution in [2.24, 2.45) is 0 Å². The van der Waals surface area contributed by atoms with Crippen molar-refractivity contribution in [2.45, 2.75) is 44.4 Å². The van der Waals surface area contributed by atoms with E-state index in [1.165, 1.54) is 18.2 Å². The molecule has 152 valence electrons. The second-order valence-electron chi connectivity index (χ2n) is 7.42. The van der Waals surface area contributed by atoms with Crippen LogP contribution in [0.15, 0.2) is 53.4 Å². The first-order chi connectivity index (χ1) is 13.2. The minimum atomic E-state index is -3.66. The first-order valence-electron chi connectivity index (χ1n) is 9.58. The second-order valence-corrected chi connectivity index (χ2v) is 9.47. The molecule has 0 radical (unpaired) electrons. The third-order valence-corrected chi connectivity index (χ3v) is 6.52. The summed E-state index contributed by atoms with van der Waals surface area (Å²) in [5.74, 6) is 0.217. The summed E-state index contributed by atoms with van der Waals surface area (Å²) in [4.78, 5) is 12.3. The van der Waals surface area contributed by atoms with Gasteiger partial charge in [-0.2, -0.15) is 4.31 Å². The topological polar surface area (TPSA) is 66.5 Å². The van der Waals surface area contributed by atoms with Gasteiger partial charge in [-0.1, -0.05) is 55.8 Å². The van der Waals surface area contributed by atoms with Gasteiger partial charge in [0.25, 0.3) is 0 Å². The van der Waals surface area contributed by atoms with Crippen LogP contribution < -0.4 is 5.32 Å². The number of sulfonamides is 1. The van der Waals surface area contributed by atoms with E-state index in [4.69, 9.17) is 0 Å². The summed E-state index contributed by atoms with van der Waals surface area (Å²) >= 11 is 0. The van der Waals surface area contributed by atoms with E-state index in [-0.39, 0.29) is 17.3 Å². The van der Waals surface area contributed by atoms with Crippen LogP contribution in [-0.2, 0) is 21.2 Å². The van der Waals surface area contributed by atoms with Crippen molar-refractivity contribution in [1.82, 2.24) is 9.62 Å². The fourth-order valence-corrected chi connectivity index (χ4v) is 3.95. The molecule has 1 N–H and O–H groups in total. The van der Waals surface area contributed by atoms with Gasteiger partial charge in [-0.05, 0) is 48.9 Å². The number of nitrogens with zero attached hydrogens (tertiary/aromatic N) is 1. The predicted molar refractivity (Wildman–Crippen MR) is 113 cm³/mol. The zero-order valence-electron chi connectivity index (χ0n) is 17.1. The summed E-state index contributed by atoms with van der Waals surface area (Å²) < 4.78 is 26.1. The van der Waals surface area contributed by atoms with Crippen LogP contribution in [0.25, 0.3) is 0 Å². The third-order valence-electron chi connectivity index (χ3n) is 4.71. The molecule has 0 aliphatic heterocycles. The maximum Gasteiger partial charge on any atom is 0.243 e. The molecule has 1 amide bonds. The number of aryl methyl sites for hydroxylation is 2. The molecule has 0 heterocycles. The standard InChI is InChI=1S/C22H30N2O3S/c1-17(2)20-11-9-19(10-12-20)6-5-15-23-22(25)16-24(4)28(26,27)21-13-7-18(3)8-14-21/h7-14,17H,5-6,15-16H2,1-4H3,(H,23,25). The van der Waals surface area contributed by atoms with Crippen LogP contribution in [0.3, 0.4) is 0 Å². The fraction of sp³-hybridized carbons (Fsp3) is 0.409. The lowest BCUT2D eigenvalue weighted by atomic mass is 10.0. The van der Waals surface area contributed by atoms with E-state index in [9.17, 15) is 13.2 Å². The Bertz CT molecular complexity index is 873. The number of rotatable bonds is 9. The Hall–Kier alpha value is -2.18. The van der Waals surface area contributed by atoms with Crippen LogP contribution in [0.4, 0.5) is 0 Å². The van der Waals surface area contributed by atoms with Gasteiger partial charge in [0.2, 0.25) is 15.9 Å². The molecule has 2 aromatic rings. The van der Waals surface area contributed by atoms with Crippen LogP contribution in [0, 0.1) is 6.92 Å². The Kier molecular flexibility index (Phi) is 7.78. The third kappa shape index (κ3) is 6.17. The van der Waals surface area contributed by atoms with Gasteiger partial charge in [0, 0.05) is 13.6 Å². The van der Waals surface area contributed by atoms with Crippen molar-refractivity contribution in [2.75, 3.05) is 20.1 Å². The lowest BCUT2D eigenvalue weighted by molar-refractivity contribution is -0.121. The largest absolute Gasteiger partial charge is 0.355 e. The summed E-state index contributed by atoms with van der Waals surface area (Å²) in [5.41, 5.74) is 3.53. The molecule has 0 bridgehead atoms. The van der Waals surface area contributed by atoms with E-state index >= 15 is 0 Å². The molecule has 5 nitrogen and oxygen atoms in total. The molecule has 6 heteroatoms. The molecule has 0 aliphatic rings. The number of hydrogen-bond acceptors (Lipinski definition) is 3. The van der Waals surface area contributed by atoms with Gasteiger partial charge in [0.15, 0.2) is 0 Å². The highest BCUT2D eigenvalue weighted by molar-refractivity contribution is 7.89. The van der Waals surface area contributed by atoms with Gasteiger partial charge in [0.1, 0.15) is 0 Å². The van der Waals surface area contributed by atoms with Crippen LogP contribution >= 0.6 is 0 Å². The highest BCUT2D eigenvalue weighted by Gasteiger charge is 2.22. The molecular weight excluding hydrogens is 372 g/mol. The SMILES string of the molecule is Cc1ccc(S(=O)(=O)N(C)CC(=O)NCCCc2ccc(C(C)C)cc2)cc1. The number of benzene rings is 2. The first-order valence-corrected chi connectivity index (χ1v) is 11.0. The van der Waals surface area contributed by atoms with E-state index in [0.29, 0.717) is 12.5 Å². The maximum absolute atomic E-state index is 12.5. The monoisotopic (exact) mass is 402 g/mol. The van der Waals surface area contributed by atoms with Crippen molar-refractivity contribution in [1.29, 1.82) is 0 Å². The number of carbonyl (C=O) groups excluding carboxylic acids is 1. The number of amides is 1. The van der Waals surface area contributed by atoms with Gasteiger partial charge < -0.3 is 5.32 Å². The summed E-state index contributed by atoms with van der Waals surface area (Å²) in [7, 11) is -2.24. The molecule has 0 saturated carbocycles. The van der Waals surface area contributed by atoms with Crippen LogP contribution in [-0.4, -0.2) is 38.8 Å². The first kappa shape index (κ1) is 22.1. The number of nitrogens with one attached hydrogen (secondary N) is 1. The quantitative estimate of drug-likeness (QED) is 0.653. The molecule has 0 saturated heterocycles. The summed E-state index contributed by atoms with van der Waals surface area (Å²) in [6.45, 7) is 6.55. The predicted octanol–water partition coefficient (Wildman–Crippen LogP) is 3.49. The molecule has 0 fully saturated rings.